The van der Waals surface area contributed by atoms with E-state index in [1.54, 1.807) is 6.08 Å². The third-order valence-corrected chi connectivity index (χ3v) is 4.63. The van der Waals surface area contributed by atoms with E-state index in [0.29, 0.717) is 12.2 Å². The van der Waals surface area contributed by atoms with E-state index < -0.39 is 5.60 Å². The van der Waals surface area contributed by atoms with Gasteiger partial charge >= 0.3 is 6.09 Å². The zero-order valence-corrected chi connectivity index (χ0v) is 14.1. The zero-order chi connectivity index (χ0) is 16.3. The number of rotatable bonds is 4. The third kappa shape index (κ3) is 4.11. The van der Waals surface area contributed by atoms with Crippen LogP contribution in [0, 0.1) is 5.92 Å². The first-order valence-electron chi connectivity index (χ1n) is 8.46. The Morgan fingerprint density at radius 3 is 2.32 bits per heavy atom. The van der Waals surface area contributed by atoms with Gasteiger partial charge < -0.3 is 9.64 Å². The molecule has 4 nitrogen and oxygen atoms in total. The normalized spacial score (nSPS) is 28.1. The standard InChI is InChI=1S/C18H29NO3/c1-5-6-10-16(20)13-11-14-8-7-9-15(12-13)19(14)17(21)22-18(2,3)4/h5,13-15H,1,6-12H2,2-4H3. The van der Waals surface area contributed by atoms with Crippen molar-refractivity contribution in [2.75, 3.05) is 0 Å². The van der Waals surface area contributed by atoms with Crippen LogP contribution in [0.25, 0.3) is 0 Å². The van der Waals surface area contributed by atoms with Crippen molar-refractivity contribution in [2.45, 2.75) is 83.4 Å². The second-order valence-electron chi connectivity index (χ2n) is 7.59. The molecule has 0 aliphatic carbocycles. The maximum atomic E-state index is 12.5. The molecule has 2 rings (SSSR count). The number of fused-ring (bicyclic) bond motifs is 2. The summed E-state index contributed by atoms with van der Waals surface area (Å²) >= 11 is 0. The minimum Gasteiger partial charge on any atom is -0.444 e. The molecule has 0 spiro atoms. The van der Waals surface area contributed by atoms with Crippen LogP contribution >= 0.6 is 0 Å². The van der Waals surface area contributed by atoms with Crippen LogP contribution in [-0.4, -0.2) is 34.5 Å². The van der Waals surface area contributed by atoms with E-state index in [-0.39, 0.29) is 24.1 Å². The maximum Gasteiger partial charge on any atom is 0.410 e. The van der Waals surface area contributed by atoms with E-state index in [1.165, 1.54) is 0 Å². The number of amides is 1. The number of ketones is 1. The lowest BCUT2D eigenvalue weighted by Crippen LogP contribution is -2.56. The number of hydrogen-bond donors (Lipinski definition) is 0. The Hall–Kier alpha value is -1.32. The van der Waals surface area contributed by atoms with Gasteiger partial charge in [-0.25, -0.2) is 4.79 Å². The van der Waals surface area contributed by atoms with Crippen LogP contribution in [0.15, 0.2) is 12.7 Å². The molecule has 2 heterocycles. The molecule has 2 unspecified atom stereocenters. The fraction of sp³-hybridized carbons (Fsp3) is 0.778. The minimum atomic E-state index is -0.470. The second kappa shape index (κ2) is 6.84. The van der Waals surface area contributed by atoms with Crippen LogP contribution in [-0.2, 0) is 9.53 Å². The third-order valence-electron chi connectivity index (χ3n) is 4.63. The van der Waals surface area contributed by atoms with Gasteiger partial charge in [0.05, 0.1) is 0 Å². The van der Waals surface area contributed by atoms with Crippen molar-refractivity contribution in [2.24, 2.45) is 5.92 Å². The Bertz CT molecular complexity index is 424. The monoisotopic (exact) mass is 307 g/mol. The van der Waals surface area contributed by atoms with E-state index in [1.807, 2.05) is 25.7 Å². The lowest BCUT2D eigenvalue weighted by molar-refractivity contribution is -0.127. The smallest absolute Gasteiger partial charge is 0.410 e. The Morgan fingerprint density at radius 1 is 1.23 bits per heavy atom. The molecule has 0 radical (unpaired) electrons. The van der Waals surface area contributed by atoms with E-state index in [4.69, 9.17) is 4.74 Å². The lowest BCUT2D eigenvalue weighted by Gasteiger charge is -2.48. The molecule has 2 bridgehead atoms. The van der Waals surface area contributed by atoms with Crippen molar-refractivity contribution in [3.05, 3.63) is 12.7 Å². The highest BCUT2D eigenvalue weighted by molar-refractivity contribution is 5.81. The fourth-order valence-corrected chi connectivity index (χ4v) is 3.71. The van der Waals surface area contributed by atoms with E-state index in [2.05, 4.69) is 6.58 Å². The molecule has 124 valence electrons. The van der Waals surface area contributed by atoms with Crippen molar-refractivity contribution in [3.63, 3.8) is 0 Å². The van der Waals surface area contributed by atoms with Crippen LogP contribution in [0.4, 0.5) is 4.79 Å². The van der Waals surface area contributed by atoms with Crippen molar-refractivity contribution in [1.82, 2.24) is 4.90 Å². The van der Waals surface area contributed by atoms with Crippen molar-refractivity contribution < 1.29 is 14.3 Å². The van der Waals surface area contributed by atoms with Gasteiger partial charge in [-0.3, -0.25) is 4.79 Å². The van der Waals surface area contributed by atoms with E-state index >= 15 is 0 Å². The van der Waals surface area contributed by atoms with Gasteiger partial charge in [-0.05, 0) is 59.3 Å². The summed E-state index contributed by atoms with van der Waals surface area (Å²) < 4.78 is 5.56. The van der Waals surface area contributed by atoms with Crippen molar-refractivity contribution in [1.29, 1.82) is 0 Å². The molecular weight excluding hydrogens is 278 g/mol. The molecule has 0 aromatic rings. The summed E-state index contributed by atoms with van der Waals surface area (Å²) in [6.07, 6.45) is 7.63. The highest BCUT2D eigenvalue weighted by atomic mass is 16.6. The van der Waals surface area contributed by atoms with Gasteiger partial charge in [-0.1, -0.05) is 6.08 Å². The summed E-state index contributed by atoms with van der Waals surface area (Å²) in [5.41, 5.74) is -0.470. The molecule has 0 N–H and O–H groups in total. The van der Waals surface area contributed by atoms with Crippen molar-refractivity contribution in [3.8, 4) is 0 Å². The largest absolute Gasteiger partial charge is 0.444 e. The molecular formula is C18H29NO3. The average Bonchev–Trinajstić information content (AvgIpc) is 2.41. The van der Waals surface area contributed by atoms with Gasteiger partial charge in [-0.2, -0.15) is 0 Å². The SMILES string of the molecule is C=CCCC(=O)C1CC2CCCC(C1)N2C(=O)OC(C)(C)C. The highest BCUT2D eigenvalue weighted by Gasteiger charge is 2.43. The first-order chi connectivity index (χ1) is 10.3. The number of carbonyl (C=O) groups is 2. The van der Waals surface area contributed by atoms with Crippen LogP contribution in [0.5, 0.6) is 0 Å². The zero-order valence-electron chi connectivity index (χ0n) is 14.1. The van der Waals surface area contributed by atoms with E-state index in [9.17, 15) is 9.59 Å². The van der Waals surface area contributed by atoms with Crippen LogP contribution in [0.1, 0.15) is 65.7 Å². The molecule has 4 heteroatoms. The summed E-state index contributed by atoms with van der Waals surface area (Å²) in [5, 5.41) is 0. The predicted octanol–water partition coefficient (Wildman–Crippen LogP) is 4.09. The van der Waals surface area contributed by atoms with E-state index in [0.717, 1.165) is 38.5 Å². The second-order valence-corrected chi connectivity index (χ2v) is 7.59. The topological polar surface area (TPSA) is 46.6 Å². The quantitative estimate of drug-likeness (QED) is 0.735. The molecule has 2 fully saturated rings. The average molecular weight is 307 g/mol. The Labute approximate surface area is 133 Å². The molecule has 2 saturated heterocycles. The number of Topliss-reactive ketones (excluding diaryl/α,β-unsaturated/α-hetero) is 1. The van der Waals surface area contributed by atoms with Gasteiger partial charge in [0.1, 0.15) is 11.4 Å². The Morgan fingerprint density at radius 2 is 1.82 bits per heavy atom. The highest BCUT2D eigenvalue weighted by Crippen LogP contribution is 2.38. The molecule has 0 aromatic carbocycles. The van der Waals surface area contributed by atoms with Crippen molar-refractivity contribution >= 4 is 11.9 Å². The molecule has 2 aliphatic rings. The molecule has 2 atom stereocenters. The number of nitrogens with zero attached hydrogens (tertiary/aromatic N) is 1. The van der Waals surface area contributed by atoms with Gasteiger partial charge in [0.2, 0.25) is 0 Å². The summed E-state index contributed by atoms with van der Waals surface area (Å²) in [6, 6.07) is 0.333. The van der Waals surface area contributed by atoms with Gasteiger partial charge in [0.15, 0.2) is 0 Å². The first-order valence-corrected chi connectivity index (χ1v) is 8.46. The number of carbonyl (C=O) groups excluding carboxylic acids is 2. The number of allylic oxidation sites excluding steroid dienone is 1. The Balaban J connectivity index is 2.03. The number of ether oxygens (including phenoxy) is 1. The number of piperidine rings is 2. The van der Waals surface area contributed by atoms with Gasteiger partial charge in [0.25, 0.3) is 0 Å². The summed E-state index contributed by atoms with van der Waals surface area (Å²) in [5.74, 6) is 0.439. The fourth-order valence-electron chi connectivity index (χ4n) is 3.71. The summed E-state index contributed by atoms with van der Waals surface area (Å²) in [6.45, 7) is 9.37. The van der Waals surface area contributed by atoms with Crippen LogP contribution in [0.2, 0.25) is 0 Å². The van der Waals surface area contributed by atoms with Crippen LogP contribution in [0.3, 0.4) is 0 Å². The minimum absolute atomic E-state index is 0.105. The predicted molar refractivity (Wildman–Crippen MR) is 86.7 cm³/mol. The van der Waals surface area contributed by atoms with Crippen LogP contribution < -0.4 is 0 Å². The summed E-state index contributed by atoms with van der Waals surface area (Å²) in [7, 11) is 0. The molecule has 1 amide bonds. The Kier molecular flexibility index (Phi) is 5.30. The van der Waals surface area contributed by atoms with Gasteiger partial charge in [-0.15, -0.1) is 6.58 Å². The molecule has 2 aliphatic heterocycles. The molecule has 22 heavy (non-hydrogen) atoms. The number of hydrogen-bond acceptors (Lipinski definition) is 3. The maximum absolute atomic E-state index is 12.5. The first kappa shape index (κ1) is 17.0. The summed E-state index contributed by atoms with van der Waals surface area (Å²) in [4.78, 5) is 26.7. The lowest BCUT2D eigenvalue weighted by atomic mass is 9.76. The molecule has 0 saturated carbocycles. The van der Waals surface area contributed by atoms with Gasteiger partial charge in [0, 0.05) is 24.4 Å². The molecule has 0 aromatic heterocycles.